The number of hydrogen-bond donors (Lipinski definition) is 2. The molecule has 10 heteroatoms. The van der Waals surface area contributed by atoms with Crippen LogP contribution in [0.1, 0.15) is 23.2 Å². The molecule has 174 valence electrons. The van der Waals surface area contributed by atoms with E-state index in [0.29, 0.717) is 11.1 Å². The summed E-state index contributed by atoms with van der Waals surface area (Å²) in [5.74, 6) is 0. The second-order valence-corrected chi connectivity index (χ2v) is 10.7. The largest absolute Gasteiger partial charge is 0.258 e. The fraction of sp³-hybridized carbons (Fsp3) is 0.0833. The highest BCUT2D eigenvalue weighted by Gasteiger charge is 2.33. The van der Waals surface area contributed by atoms with Gasteiger partial charge in [0.05, 0.1) is 12.1 Å². The third-order valence-corrected chi connectivity index (χ3v) is 7.75. The maximum absolute atomic E-state index is 13.2. The topological polar surface area (TPSA) is 118 Å². The first kappa shape index (κ1) is 23.7. The van der Waals surface area contributed by atoms with Crippen LogP contribution in [-0.2, 0) is 20.0 Å². The van der Waals surface area contributed by atoms with Crippen molar-refractivity contribution >= 4 is 20.0 Å². The molecule has 2 N–H and O–H groups in total. The van der Waals surface area contributed by atoms with Gasteiger partial charge in [0.15, 0.2) is 10.1 Å². The maximum atomic E-state index is 13.2. The Hall–Kier alpha value is -3.44. The fourth-order valence-corrected chi connectivity index (χ4v) is 5.81. The molecule has 2 heterocycles. The molecular weight excluding hydrogens is 472 g/mol. The van der Waals surface area contributed by atoms with Crippen LogP contribution in [0.15, 0.2) is 120 Å². The standard InChI is InChI=1S/C24H22N4O4S2/c29-33(30,21-15-7-9-17-25-21)27-23(19-11-3-1-4-12-19)24(20-13-5-2-6-14-20)28-34(31,32)22-16-8-10-18-26-22/h1-18,23-24,27-28H/t23-,24-/m0/s1. The highest BCUT2D eigenvalue weighted by Crippen LogP contribution is 2.32. The van der Waals surface area contributed by atoms with Crippen molar-refractivity contribution in [2.75, 3.05) is 0 Å². The number of nitrogens with zero attached hydrogens (tertiary/aromatic N) is 2. The quantitative estimate of drug-likeness (QED) is 0.369. The third-order valence-electron chi connectivity index (χ3n) is 5.04. The highest BCUT2D eigenvalue weighted by molar-refractivity contribution is 7.89. The molecule has 2 atom stereocenters. The van der Waals surface area contributed by atoms with Crippen LogP contribution >= 0.6 is 0 Å². The Kier molecular flexibility index (Phi) is 7.13. The molecule has 0 bridgehead atoms. The van der Waals surface area contributed by atoms with Crippen molar-refractivity contribution in [2.45, 2.75) is 22.1 Å². The number of pyridine rings is 2. The summed E-state index contributed by atoms with van der Waals surface area (Å²) in [6.07, 6.45) is 2.76. The van der Waals surface area contributed by atoms with Gasteiger partial charge in [-0.05, 0) is 35.4 Å². The Morgan fingerprint density at radius 1 is 0.500 bits per heavy atom. The van der Waals surface area contributed by atoms with E-state index in [-0.39, 0.29) is 10.1 Å². The van der Waals surface area contributed by atoms with Gasteiger partial charge in [-0.1, -0.05) is 72.8 Å². The van der Waals surface area contributed by atoms with Crippen molar-refractivity contribution in [1.29, 1.82) is 0 Å². The van der Waals surface area contributed by atoms with Crippen LogP contribution in [0.4, 0.5) is 0 Å². The Morgan fingerprint density at radius 3 is 1.18 bits per heavy atom. The average molecular weight is 495 g/mol. The Bertz CT molecular complexity index is 1310. The zero-order valence-corrected chi connectivity index (χ0v) is 19.5. The average Bonchev–Trinajstić information content (AvgIpc) is 2.88. The first-order valence-corrected chi connectivity index (χ1v) is 13.3. The molecule has 8 nitrogen and oxygen atoms in total. The molecule has 0 spiro atoms. The monoisotopic (exact) mass is 494 g/mol. The van der Waals surface area contributed by atoms with Crippen molar-refractivity contribution in [3.05, 3.63) is 121 Å². The van der Waals surface area contributed by atoms with E-state index in [1.807, 2.05) is 0 Å². The minimum Gasteiger partial charge on any atom is -0.243 e. The van der Waals surface area contributed by atoms with E-state index in [1.54, 1.807) is 84.9 Å². The van der Waals surface area contributed by atoms with Gasteiger partial charge >= 0.3 is 0 Å². The number of benzene rings is 2. The van der Waals surface area contributed by atoms with Gasteiger partial charge in [0.25, 0.3) is 20.0 Å². The summed E-state index contributed by atoms with van der Waals surface area (Å²) >= 11 is 0. The number of rotatable bonds is 9. The van der Waals surface area contributed by atoms with E-state index in [0.717, 1.165) is 0 Å². The van der Waals surface area contributed by atoms with E-state index in [2.05, 4.69) is 19.4 Å². The number of sulfonamides is 2. The zero-order valence-electron chi connectivity index (χ0n) is 17.9. The molecule has 4 rings (SSSR count). The van der Waals surface area contributed by atoms with E-state index in [1.165, 1.54) is 24.5 Å². The lowest BCUT2D eigenvalue weighted by molar-refractivity contribution is 0.464. The predicted molar refractivity (Wildman–Crippen MR) is 127 cm³/mol. The lowest BCUT2D eigenvalue weighted by atomic mass is 9.95. The molecule has 0 amide bonds. The highest BCUT2D eigenvalue weighted by atomic mass is 32.2. The number of nitrogens with one attached hydrogen (secondary N) is 2. The first-order chi connectivity index (χ1) is 16.4. The smallest absolute Gasteiger partial charge is 0.243 e. The van der Waals surface area contributed by atoms with Crippen molar-refractivity contribution in [1.82, 2.24) is 19.4 Å². The van der Waals surface area contributed by atoms with Crippen molar-refractivity contribution in [3.63, 3.8) is 0 Å². The Morgan fingerprint density at radius 2 is 0.853 bits per heavy atom. The normalized spacial score (nSPS) is 13.8. The van der Waals surface area contributed by atoms with Gasteiger partial charge in [-0.3, -0.25) is 0 Å². The summed E-state index contributed by atoms with van der Waals surface area (Å²) in [6, 6.07) is 24.7. The summed E-state index contributed by atoms with van der Waals surface area (Å²) in [5.41, 5.74) is 1.14. The summed E-state index contributed by atoms with van der Waals surface area (Å²) in [6.45, 7) is 0. The van der Waals surface area contributed by atoms with Crippen LogP contribution in [0.2, 0.25) is 0 Å². The molecule has 0 fully saturated rings. The molecule has 0 saturated carbocycles. The van der Waals surface area contributed by atoms with Crippen molar-refractivity contribution in [2.24, 2.45) is 0 Å². The molecule has 2 aromatic heterocycles. The van der Waals surface area contributed by atoms with Gasteiger partial charge < -0.3 is 0 Å². The molecule has 2 aromatic carbocycles. The van der Waals surface area contributed by atoms with Crippen LogP contribution < -0.4 is 9.44 Å². The van der Waals surface area contributed by atoms with Gasteiger partial charge in [-0.2, -0.15) is 0 Å². The van der Waals surface area contributed by atoms with Gasteiger partial charge in [0.2, 0.25) is 0 Å². The van der Waals surface area contributed by atoms with E-state index >= 15 is 0 Å². The van der Waals surface area contributed by atoms with Crippen LogP contribution in [0.25, 0.3) is 0 Å². The molecule has 4 aromatic rings. The van der Waals surface area contributed by atoms with Gasteiger partial charge in [0.1, 0.15) is 0 Å². The van der Waals surface area contributed by atoms with Crippen LogP contribution in [0.5, 0.6) is 0 Å². The molecule has 0 aliphatic carbocycles. The van der Waals surface area contributed by atoms with E-state index in [9.17, 15) is 16.8 Å². The molecular formula is C24H22N4O4S2. The first-order valence-electron chi connectivity index (χ1n) is 10.3. The molecule has 0 unspecified atom stereocenters. The molecule has 0 radical (unpaired) electrons. The third kappa shape index (κ3) is 5.54. The van der Waals surface area contributed by atoms with Gasteiger partial charge in [0, 0.05) is 12.4 Å². The molecule has 0 aliphatic rings. The second kappa shape index (κ2) is 10.2. The van der Waals surface area contributed by atoms with E-state index in [4.69, 9.17) is 0 Å². The second-order valence-electron chi connectivity index (χ2n) is 7.36. The summed E-state index contributed by atoms with van der Waals surface area (Å²) in [4.78, 5) is 7.90. The van der Waals surface area contributed by atoms with Crippen LogP contribution in [-0.4, -0.2) is 26.8 Å². The van der Waals surface area contributed by atoms with Crippen molar-refractivity contribution in [3.8, 4) is 0 Å². The Labute approximate surface area is 198 Å². The predicted octanol–water partition coefficient (Wildman–Crippen LogP) is 3.22. The zero-order chi connectivity index (χ0) is 24.0. The Balaban J connectivity index is 1.82. The van der Waals surface area contributed by atoms with Crippen LogP contribution in [0.3, 0.4) is 0 Å². The number of aromatic nitrogens is 2. The lowest BCUT2D eigenvalue weighted by Crippen LogP contribution is -2.41. The van der Waals surface area contributed by atoms with Gasteiger partial charge in [-0.15, -0.1) is 0 Å². The molecule has 34 heavy (non-hydrogen) atoms. The fourth-order valence-electron chi connectivity index (χ4n) is 3.44. The summed E-state index contributed by atoms with van der Waals surface area (Å²) in [7, 11) is -8.18. The minimum atomic E-state index is -4.09. The SMILES string of the molecule is O=S(=O)(N[C@@H](c1ccccc1)[C@@H](NS(=O)(=O)c1ccccn1)c1ccccc1)c1ccccn1. The van der Waals surface area contributed by atoms with Crippen LogP contribution in [0, 0.1) is 0 Å². The molecule has 0 aliphatic heterocycles. The maximum Gasteiger partial charge on any atom is 0.258 e. The van der Waals surface area contributed by atoms with E-state index < -0.39 is 32.1 Å². The summed E-state index contributed by atoms with van der Waals surface area (Å²) in [5, 5.41) is -0.342. The molecule has 0 saturated heterocycles. The van der Waals surface area contributed by atoms with Crippen molar-refractivity contribution < 1.29 is 16.8 Å². The number of hydrogen-bond acceptors (Lipinski definition) is 6. The lowest BCUT2D eigenvalue weighted by Gasteiger charge is -2.29. The summed E-state index contributed by atoms with van der Waals surface area (Å²) < 4.78 is 58.2. The minimum absolute atomic E-state index is 0.171. The van der Waals surface area contributed by atoms with Gasteiger partial charge in [-0.25, -0.2) is 36.2 Å².